The van der Waals surface area contributed by atoms with Crippen LogP contribution in [-0.4, -0.2) is 55.5 Å². The average molecular weight is 221 g/mol. The lowest BCUT2D eigenvalue weighted by atomic mass is 9.97. The fourth-order valence-electron chi connectivity index (χ4n) is 1.52. The summed E-state index contributed by atoms with van der Waals surface area (Å²) in [6.07, 6.45) is 0.235. The van der Waals surface area contributed by atoms with Crippen molar-refractivity contribution < 1.29 is 19.7 Å². The van der Waals surface area contributed by atoms with Gasteiger partial charge >= 0.3 is 0 Å². The summed E-state index contributed by atoms with van der Waals surface area (Å²) in [4.78, 5) is 0. The van der Waals surface area contributed by atoms with Crippen molar-refractivity contribution in [1.82, 2.24) is 5.32 Å². The first-order chi connectivity index (χ1) is 7.09. The van der Waals surface area contributed by atoms with Crippen LogP contribution in [0.1, 0.15) is 20.3 Å². The summed E-state index contributed by atoms with van der Waals surface area (Å²) in [5.74, 6) is 0. The Kier molecular flexibility index (Phi) is 7.04. The molecule has 0 bridgehead atoms. The molecule has 0 aromatic heterocycles. The molecule has 0 heterocycles. The van der Waals surface area contributed by atoms with Gasteiger partial charge in [0, 0.05) is 14.2 Å². The number of hydrogen-bond donors (Lipinski definition) is 3. The number of aliphatic hydroxyl groups is 2. The van der Waals surface area contributed by atoms with Crippen molar-refractivity contribution in [3.05, 3.63) is 0 Å². The smallest absolute Gasteiger partial charge is 0.171 e. The van der Waals surface area contributed by atoms with E-state index in [4.69, 9.17) is 9.47 Å². The molecule has 0 saturated heterocycles. The molecule has 0 radical (unpaired) electrons. The van der Waals surface area contributed by atoms with Gasteiger partial charge in [0.1, 0.15) is 0 Å². The molecule has 0 fully saturated rings. The zero-order valence-electron chi connectivity index (χ0n) is 9.99. The summed E-state index contributed by atoms with van der Waals surface area (Å²) in [6.45, 7) is 3.54. The van der Waals surface area contributed by atoms with Crippen LogP contribution in [0.25, 0.3) is 0 Å². The molecule has 1 unspecified atom stereocenters. The van der Waals surface area contributed by atoms with Gasteiger partial charge in [-0.05, 0) is 13.3 Å². The Morgan fingerprint density at radius 3 is 1.93 bits per heavy atom. The van der Waals surface area contributed by atoms with Gasteiger partial charge in [-0.1, -0.05) is 6.92 Å². The van der Waals surface area contributed by atoms with E-state index in [0.717, 1.165) is 0 Å². The summed E-state index contributed by atoms with van der Waals surface area (Å²) in [5, 5.41) is 21.6. The molecule has 5 nitrogen and oxygen atoms in total. The topological polar surface area (TPSA) is 71.0 Å². The van der Waals surface area contributed by atoms with Gasteiger partial charge in [-0.3, -0.25) is 5.32 Å². The second-order valence-corrected chi connectivity index (χ2v) is 3.72. The van der Waals surface area contributed by atoms with E-state index < -0.39 is 11.8 Å². The second-order valence-electron chi connectivity index (χ2n) is 3.72. The summed E-state index contributed by atoms with van der Waals surface area (Å²) < 4.78 is 10.2. The van der Waals surface area contributed by atoms with Crippen molar-refractivity contribution in [2.24, 2.45) is 0 Å². The van der Waals surface area contributed by atoms with Gasteiger partial charge in [0.05, 0.1) is 24.8 Å². The highest BCUT2D eigenvalue weighted by molar-refractivity contribution is 4.88. The number of methoxy groups -OCH3 is 2. The van der Waals surface area contributed by atoms with Crippen molar-refractivity contribution in [3.8, 4) is 0 Å². The van der Waals surface area contributed by atoms with E-state index in [-0.39, 0.29) is 19.3 Å². The summed E-state index contributed by atoms with van der Waals surface area (Å²) in [6, 6.07) is -0.112. The van der Waals surface area contributed by atoms with E-state index in [1.165, 1.54) is 0 Å². The van der Waals surface area contributed by atoms with Crippen LogP contribution >= 0.6 is 0 Å². The number of ether oxygens (including phenoxy) is 2. The Labute approximate surface area is 91.4 Å². The monoisotopic (exact) mass is 221 g/mol. The summed E-state index contributed by atoms with van der Waals surface area (Å²) >= 11 is 0. The number of rotatable bonds is 8. The van der Waals surface area contributed by atoms with Crippen LogP contribution < -0.4 is 5.32 Å². The summed E-state index contributed by atoms with van der Waals surface area (Å²) in [7, 11) is 3.11. The minimum Gasteiger partial charge on any atom is -0.394 e. The van der Waals surface area contributed by atoms with Crippen LogP contribution in [0.4, 0.5) is 0 Å². The van der Waals surface area contributed by atoms with Crippen molar-refractivity contribution in [2.75, 3.05) is 27.4 Å². The van der Waals surface area contributed by atoms with Crippen molar-refractivity contribution in [3.63, 3.8) is 0 Å². The van der Waals surface area contributed by atoms with Crippen LogP contribution in [0.5, 0.6) is 0 Å². The third kappa shape index (κ3) is 4.04. The van der Waals surface area contributed by atoms with E-state index >= 15 is 0 Å². The zero-order valence-corrected chi connectivity index (χ0v) is 9.99. The molecule has 0 amide bonds. The Balaban J connectivity index is 4.39. The molecule has 15 heavy (non-hydrogen) atoms. The fourth-order valence-corrected chi connectivity index (χ4v) is 1.52. The van der Waals surface area contributed by atoms with Crippen LogP contribution in [0.3, 0.4) is 0 Å². The first-order valence-corrected chi connectivity index (χ1v) is 5.14. The van der Waals surface area contributed by atoms with Gasteiger partial charge in [-0.2, -0.15) is 0 Å². The van der Waals surface area contributed by atoms with E-state index in [0.29, 0.717) is 6.42 Å². The molecule has 92 valence electrons. The molecule has 0 rings (SSSR count). The van der Waals surface area contributed by atoms with Gasteiger partial charge in [-0.15, -0.1) is 0 Å². The molecule has 0 spiro atoms. The number of nitrogens with one attached hydrogen (secondary N) is 1. The third-order valence-corrected chi connectivity index (χ3v) is 2.69. The average Bonchev–Trinajstić information content (AvgIpc) is 2.28. The molecule has 0 aliphatic carbocycles. The minimum atomic E-state index is -0.672. The Morgan fingerprint density at radius 2 is 1.67 bits per heavy atom. The van der Waals surface area contributed by atoms with Crippen molar-refractivity contribution >= 4 is 0 Å². The predicted molar refractivity (Wildman–Crippen MR) is 57.6 cm³/mol. The number of hydrogen-bond acceptors (Lipinski definition) is 5. The molecule has 1 atom stereocenters. The van der Waals surface area contributed by atoms with E-state index in [9.17, 15) is 10.2 Å². The normalized spacial score (nSPS) is 14.6. The van der Waals surface area contributed by atoms with E-state index in [1.54, 1.807) is 14.2 Å². The van der Waals surface area contributed by atoms with Crippen LogP contribution in [0.15, 0.2) is 0 Å². The van der Waals surface area contributed by atoms with Crippen molar-refractivity contribution in [2.45, 2.75) is 38.1 Å². The van der Waals surface area contributed by atoms with Gasteiger partial charge in [-0.25, -0.2) is 0 Å². The molecule has 0 aliphatic rings. The quantitative estimate of drug-likeness (QED) is 0.492. The molecule has 0 saturated carbocycles. The van der Waals surface area contributed by atoms with Crippen LogP contribution in [0.2, 0.25) is 0 Å². The van der Waals surface area contributed by atoms with Gasteiger partial charge in [0.25, 0.3) is 0 Å². The highest BCUT2D eigenvalue weighted by Gasteiger charge is 2.30. The maximum absolute atomic E-state index is 9.25. The lowest BCUT2D eigenvalue weighted by Crippen LogP contribution is -2.58. The fraction of sp³-hybridized carbons (Fsp3) is 1.00. The first kappa shape index (κ1) is 14.8. The van der Waals surface area contributed by atoms with Gasteiger partial charge < -0.3 is 19.7 Å². The van der Waals surface area contributed by atoms with E-state index in [2.05, 4.69) is 5.32 Å². The largest absolute Gasteiger partial charge is 0.394 e. The third-order valence-electron chi connectivity index (χ3n) is 2.69. The summed E-state index contributed by atoms with van der Waals surface area (Å²) in [5.41, 5.74) is -0.672. The Morgan fingerprint density at radius 1 is 1.20 bits per heavy atom. The van der Waals surface area contributed by atoms with Gasteiger partial charge in [0.15, 0.2) is 6.29 Å². The SMILES string of the molecule is CCC(CO)(CO)NC(C)C(OC)OC. The standard InChI is InChI=1S/C10H23NO4/c1-5-10(6-12,7-13)11-8(2)9(14-3)15-4/h8-9,11-13H,5-7H2,1-4H3. The van der Waals surface area contributed by atoms with Crippen molar-refractivity contribution in [1.29, 1.82) is 0 Å². The van der Waals surface area contributed by atoms with E-state index in [1.807, 2.05) is 13.8 Å². The molecule has 5 heteroatoms. The molecule has 3 N–H and O–H groups in total. The van der Waals surface area contributed by atoms with Crippen LogP contribution in [0, 0.1) is 0 Å². The lowest BCUT2D eigenvalue weighted by molar-refractivity contribution is -0.126. The highest BCUT2D eigenvalue weighted by Crippen LogP contribution is 2.12. The maximum atomic E-state index is 9.25. The lowest BCUT2D eigenvalue weighted by Gasteiger charge is -2.35. The predicted octanol–water partition coefficient (Wildman–Crippen LogP) is -0.283. The Bertz CT molecular complexity index is 149. The number of aliphatic hydroxyl groups excluding tert-OH is 2. The zero-order chi connectivity index (χ0) is 11.9. The molecule has 0 aromatic rings. The molecular weight excluding hydrogens is 198 g/mol. The van der Waals surface area contributed by atoms with Gasteiger partial charge in [0.2, 0.25) is 0 Å². The minimum absolute atomic E-state index is 0.112. The molecule has 0 aromatic carbocycles. The first-order valence-electron chi connectivity index (χ1n) is 5.14. The highest BCUT2D eigenvalue weighted by atomic mass is 16.7. The second kappa shape index (κ2) is 7.14. The van der Waals surface area contributed by atoms with Crippen LogP contribution in [-0.2, 0) is 9.47 Å². The Hall–Kier alpha value is -0.200. The molecule has 0 aliphatic heterocycles. The molecular formula is C10H23NO4. The maximum Gasteiger partial charge on any atom is 0.171 e.